The molecular weight excluding hydrogens is 339 g/mol. The minimum absolute atomic E-state index is 0.0382. The van der Waals surface area contributed by atoms with Gasteiger partial charge in [0.15, 0.2) is 17.5 Å². The summed E-state index contributed by atoms with van der Waals surface area (Å²) in [6, 6.07) is 3.92. The molecule has 0 amide bonds. The maximum atomic E-state index is 12.4. The molecule has 0 aliphatic carbocycles. The molecule has 0 bridgehead atoms. The summed E-state index contributed by atoms with van der Waals surface area (Å²) in [6.45, 7) is 1.37. The van der Waals surface area contributed by atoms with E-state index in [1.165, 1.54) is 25.1 Å². The monoisotopic (exact) mass is 348 g/mol. The van der Waals surface area contributed by atoms with Crippen molar-refractivity contribution < 1.29 is 22.8 Å². The highest BCUT2D eigenvalue weighted by atomic mass is 35.5. The van der Waals surface area contributed by atoms with Gasteiger partial charge in [-0.3, -0.25) is 14.4 Å². The van der Waals surface area contributed by atoms with Crippen LogP contribution in [0.2, 0.25) is 10.0 Å². The molecule has 0 saturated carbocycles. The Morgan fingerprint density at radius 3 is 2.43 bits per heavy atom. The van der Waals surface area contributed by atoms with Crippen molar-refractivity contribution in [3.63, 3.8) is 0 Å². The topological polar surface area (TPSA) is 85.3 Å². The van der Waals surface area contributed by atoms with Crippen LogP contribution in [0.25, 0.3) is 0 Å². The highest BCUT2D eigenvalue weighted by Crippen LogP contribution is 2.29. The number of hydrogen-bond donors (Lipinski definition) is 0. The minimum Gasteiger partial charge on any atom is -0.298 e. The number of sulfone groups is 1. The van der Waals surface area contributed by atoms with Gasteiger partial charge in [0.25, 0.3) is 5.12 Å². The molecule has 0 aromatic heterocycles. The van der Waals surface area contributed by atoms with Gasteiger partial charge in [-0.05, 0) is 18.2 Å². The van der Waals surface area contributed by atoms with Crippen LogP contribution in [0.1, 0.15) is 17.3 Å². The second-order valence-electron chi connectivity index (χ2n) is 4.83. The van der Waals surface area contributed by atoms with Gasteiger partial charge in [-0.15, -0.1) is 0 Å². The van der Waals surface area contributed by atoms with Gasteiger partial charge < -0.3 is 0 Å². The maximum Gasteiger partial charge on any atom is 0.264 e. The van der Waals surface area contributed by atoms with Crippen molar-refractivity contribution in [1.29, 1.82) is 0 Å². The Morgan fingerprint density at radius 2 is 1.86 bits per heavy atom. The Labute approximate surface area is 131 Å². The molecule has 2 rings (SSSR count). The lowest BCUT2D eigenvalue weighted by molar-refractivity contribution is -0.130. The second kappa shape index (κ2) is 5.51. The lowest BCUT2D eigenvalue weighted by Crippen LogP contribution is -2.47. The summed E-state index contributed by atoms with van der Waals surface area (Å²) in [5.41, 5.74) is -0.0999. The van der Waals surface area contributed by atoms with Crippen LogP contribution in [0.3, 0.4) is 0 Å². The standard InChI is InChI=1S/C13H10Cl2O5S/c1-6-5-21(19,20)13(18)10(11(6)16)12(17)8-3-2-7(14)4-9(8)15/h2-4,6,10H,5H2,1H3. The summed E-state index contributed by atoms with van der Waals surface area (Å²) < 4.78 is 23.4. The van der Waals surface area contributed by atoms with Crippen LogP contribution in [0.5, 0.6) is 0 Å². The van der Waals surface area contributed by atoms with Gasteiger partial charge in [0.05, 0.1) is 10.8 Å². The summed E-state index contributed by atoms with van der Waals surface area (Å²) in [4.78, 5) is 36.3. The highest BCUT2D eigenvalue weighted by molar-refractivity contribution is 8.06. The SMILES string of the molecule is CC1CS(=O)(=O)C(=O)C(C(=O)c2ccc(Cl)cc2Cl)C1=O. The molecule has 112 valence electrons. The third-order valence-electron chi connectivity index (χ3n) is 3.24. The Kier molecular flexibility index (Phi) is 4.24. The van der Waals surface area contributed by atoms with E-state index < -0.39 is 44.1 Å². The number of benzene rings is 1. The average molecular weight is 349 g/mol. The summed E-state index contributed by atoms with van der Waals surface area (Å²) in [6.07, 6.45) is 0. The van der Waals surface area contributed by atoms with Gasteiger partial charge in [0.1, 0.15) is 0 Å². The fourth-order valence-corrected chi connectivity index (χ4v) is 4.23. The third kappa shape index (κ3) is 2.88. The molecular formula is C13H10Cl2O5S. The van der Waals surface area contributed by atoms with E-state index in [4.69, 9.17) is 23.2 Å². The fraction of sp³-hybridized carbons (Fsp3) is 0.308. The van der Waals surface area contributed by atoms with E-state index in [-0.39, 0.29) is 15.6 Å². The predicted molar refractivity (Wildman–Crippen MR) is 77.2 cm³/mol. The smallest absolute Gasteiger partial charge is 0.264 e. The number of rotatable bonds is 2. The number of ketones is 2. The molecule has 2 atom stereocenters. The van der Waals surface area contributed by atoms with Crippen molar-refractivity contribution in [2.45, 2.75) is 6.92 Å². The van der Waals surface area contributed by atoms with Crippen LogP contribution in [0.15, 0.2) is 18.2 Å². The quantitative estimate of drug-likeness (QED) is 0.602. The molecule has 2 unspecified atom stereocenters. The number of carbonyl (C=O) groups excluding carboxylic acids is 3. The van der Waals surface area contributed by atoms with Gasteiger partial charge in [0.2, 0.25) is 9.84 Å². The van der Waals surface area contributed by atoms with Crippen LogP contribution in [0, 0.1) is 11.8 Å². The number of halogens is 2. The predicted octanol–water partition coefficient (Wildman–Crippen LogP) is 1.95. The fourth-order valence-electron chi connectivity index (χ4n) is 2.15. The van der Waals surface area contributed by atoms with E-state index in [2.05, 4.69) is 0 Å². The van der Waals surface area contributed by atoms with Crippen LogP contribution in [-0.4, -0.2) is 30.9 Å². The van der Waals surface area contributed by atoms with Gasteiger partial charge >= 0.3 is 0 Å². The molecule has 5 nitrogen and oxygen atoms in total. The minimum atomic E-state index is -4.12. The normalized spacial score (nSPS) is 24.9. The summed E-state index contributed by atoms with van der Waals surface area (Å²) in [5, 5.41) is -1.12. The Balaban J connectivity index is 2.50. The maximum absolute atomic E-state index is 12.4. The third-order valence-corrected chi connectivity index (χ3v) is 5.58. The van der Waals surface area contributed by atoms with Crippen LogP contribution in [0.4, 0.5) is 0 Å². The van der Waals surface area contributed by atoms with Crippen molar-refractivity contribution in [2.75, 3.05) is 5.75 Å². The zero-order chi connectivity index (χ0) is 15.9. The molecule has 1 heterocycles. The summed E-state index contributed by atoms with van der Waals surface area (Å²) in [7, 11) is -4.12. The van der Waals surface area contributed by atoms with Crippen molar-refractivity contribution in [1.82, 2.24) is 0 Å². The summed E-state index contributed by atoms with van der Waals surface area (Å²) in [5.74, 6) is -4.94. The average Bonchev–Trinajstić information content (AvgIpc) is 2.36. The second-order valence-corrected chi connectivity index (χ2v) is 7.63. The molecule has 1 aromatic carbocycles. The van der Waals surface area contributed by atoms with Crippen molar-refractivity contribution >= 4 is 49.7 Å². The molecule has 1 aromatic rings. The van der Waals surface area contributed by atoms with Gasteiger partial charge in [-0.1, -0.05) is 30.1 Å². The van der Waals surface area contributed by atoms with Crippen LogP contribution < -0.4 is 0 Å². The highest BCUT2D eigenvalue weighted by Gasteiger charge is 2.48. The van der Waals surface area contributed by atoms with Crippen molar-refractivity contribution in [3.05, 3.63) is 33.8 Å². The van der Waals surface area contributed by atoms with Gasteiger partial charge in [-0.25, -0.2) is 8.42 Å². The molecule has 8 heteroatoms. The molecule has 0 N–H and O–H groups in total. The van der Waals surface area contributed by atoms with E-state index in [9.17, 15) is 22.8 Å². The largest absolute Gasteiger partial charge is 0.298 e. The first kappa shape index (κ1) is 16.1. The molecule has 1 saturated heterocycles. The van der Waals surface area contributed by atoms with E-state index in [0.717, 1.165) is 0 Å². The summed E-state index contributed by atoms with van der Waals surface area (Å²) >= 11 is 11.6. The van der Waals surface area contributed by atoms with Crippen molar-refractivity contribution in [3.8, 4) is 0 Å². The zero-order valence-electron chi connectivity index (χ0n) is 10.8. The van der Waals surface area contributed by atoms with E-state index in [1.54, 1.807) is 0 Å². The first-order valence-corrected chi connectivity index (χ1v) is 8.35. The van der Waals surface area contributed by atoms with Crippen LogP contribution >= 0.6 is 23.2 Å². The van der Waals surface area contributed by atoms with E-state index in [0.29, 0.717) is 0 Å². The number of carbonyl (C=O) groups is 3. The molecule has 1 aliphatic rings. The lowest BCUT2D eigenvalue weighted by Gasteiger charge is -2.23. The Hall–Kier alpha value is -1.24. The molecule has 0 spiro atoms. The Bertz CT molecular complexity index is 754. The van der Waals surface area contributed by atoms with Crippen LogP contribution in [-0.2, 0) is 19.4 Å². The van der Waals surface area contributed by atoms with E-state index in [1.807, 2.05) is 0 Å². The first-order valence-electron chi connectivity index (χ1n) is 5.94. The lowest BCUT2D eigenvalue weighted by atomic mass is 9.89. The molecule has 0 radical (unpaired) electrons. The number of Topliss-reactive ketones (excluding diaryl/α,β-unsaturated/α-hetero) is 2. The number of hydrogen-bond acceptors (Lipinski definition) is 5. The first-order chi connectivity index (χ1) is 9.65. The Morgan fingerprint density at radius 1 is 1.24 bits per heavy atom. The van der Waals surface area contributed by atoms with Gasteiger partial charge in [-0.2, -0.15) is 0 Å². The zero-order valence-corrected chi connectivity index (χ0v) is 13.1. The molecule has 21 heavy (non-hydrogen) atoms. The van der Waals surface area contributed by atoms with Crippen molar-refractivity contribution in [2.24, 2.45) is 11.8 Å². The molecule has 1 fully saturated rings. The van der Waals surface area contributed by atoms with Gasteiger partial charge in [0, 0.05) is 16.5 Å². The molecule has 1 aliphatic heterocycles. The van der Waals surface area contributed by atoms with E-state index >= 15 is 0 Å².